The van der Waals surface area contributed by atoms with Crippen LogP contribution in [-0.2, 0) is 4.79 Å². The topological polar surface area (TPSA) is 46.5 Å². The molecule has 3 nitrogen and oxygen atoms in total. The third-order valence-electron chi connectivity index (χ3n) is 2.72. The molecule has 0 aromatic heterocycles. The molecule has 1 N–H and O–H groups in total. The number of allylic oxidation sites excluding steroid dienone is 1. The second-order valence-electron chi connectivity index (χ2n) is 4.38. The van der Waals surface area contributed by atoms with Crippen LogP contribution in [0.2, 0.25) is 0 Å². The number of carboxylic acid groups (broad SMARTS) is 1. The van der Waals surface area contributed by atoms with Gasteiger partial charge in [0, 0.05) is 5.56 Å². The zero-order valence-electron chi connectivity index (χ0n) is 11.4. The number of aryl methyl sites for hydroxylation is 2. The van der Waals surface area contributed by atoms with Crippen molar-refractivity contribution in [1.29, 1.82) is 0 Å². The first-order valence-electron chi connectivity index (χ1n) is 6.08. The fourth-order valence-electron chi connectivity index (χ4n) is 1.93. The standard InChI is InChI=1S/C15H20O3/c1-5-18-15-12(4)8-10(2)9-13(15)11(3)6-7-14(16)17/h6,8-9H,5,7H2,1-4H3,(H,16,17)/b11-6+. The maximum atomic E-state index is 10.6. The van der Waals surface area contributed by atoms with Crippen molar-refractivity contribution in [3.8, 4) is 5.75 Å². The normalized spacial score (nSPS) is 11.4. The number of ether oxygens (including phenoxy) is 1. The highest BCUT2D eigenvalue weighted by Gasteiger charge is 2.10. The monoisotopic (exact) mass is 248 g/mol. The van der Waals surface area contributed by atoms with E-state index in [1.165, 1.54) is 0 Å². The van der Waals surface area contributed by atoms with Crippen LogP contribution in [0, 0.1) is 13.8 Å². The van der Waals surface area contributed by atoms with E-state index in [-0.39, 0.29) is 6.42 Å². The molecule has 0 fully saturated rings. The summed E-state index contributed by atoms with van der Waals surface area (Å²) in [5.41, 5.74) is 4.15. The predicted octanol–water partition coefficient (Wildman–Crippen LogP) is 3.58. The summed E-state index contributed by atoms with van der Waals surface area (Å²) >= 11 is 0. The molecule has 0 saturated heterocycles. The third kappa shape index (κ3) is 3.62. The smallest absolute Gasteiger partial charge is 0.307 e. The highest BCUT2D eigenvalue weighted by atomic mass is 16.5. The summed E-state index contributed by atoms with van der Waals surface area (Å²) in [7, 11) is 0. The van der Waals surface area contributed by atoms with Crippen molar-refractivity contribution in [2.45, 2.75) is 34.1 Å². The van der Waals surface area contributed by atoms with Gasteiger partial charge in [0.1, 0.15) is 5.75 Å². The first-order valence-corrected chi connectivity index (χ1v) is 6.08. The van der Waals surface area contributed by atoms with Crippen molar-refractivity contribution in [3.05, 3.63) is 34.9 Å². The molecule has 0 aliphatic carbocycles. The van der Waals surface area contributed by atoms with E-state index >= 15 is 0 Å². The van der Waals surface area contributed by atoms with Crippen molar-refractivity contribution < 1.29 is 14.6 Å². The maximum Gasteiger partial charge on any atom is 0.307 e. The Morgan fingerprint density at radius 1 is 1.39 bits per heavy atom. The van der Waals surface area contributed by atoms with Gasteiger partial charge in [-0.2, -0.15) is 0 Å². The van der Waals surface area contributed by atoms with Crippen LogP contribution in [0.5, 0.6) is 5.75 Å². The minimum Gasteiger partial charge on any atom is -0.493 e. The average molecular weight is 248 g/mol. The fraction of sp³-hybridized carbons (Fsp3) is 0.400. The molecule has 0 bridgehead atoms. The molecule has 0 atom stereocenters. The number of carbonyl (C=O) groups is 1. The lowest BCUT2D eigenvalue weighted by Gasteiger charge is -2.14. The van der Waals surface area contributed by atoms with Gasteiger partial charge in [-0.15, -0.1) is 0 Å². The molecule has 98 valence electrons. The molecule has 0 saturated carbocycles. The van der Waals surface area contributed by atoms with Crippen LogP contribution in [-0.4, -0.2) is 17.7 Å². The number of hydrogen-bond donors (Lipinski definition) is 1. The van der Waals surface area contributed by atoms with Crippen molar-refractivity contribution >= 4 is 11.5 Å². The highest BCUT2D eigenvalue weighted by Crippen LogP contribution is 2.31. The second-order valence-corrected chi connectivity index (χ2v) is 4.38. The number of aliphatic carboxylic acids is 1. The fourth-order valence-corrected chi connectivity index (χ4v) is 1.93. The lowest BCUT2D eigenvalue weighted by atomic mass is 9.99. The molecular formula is C15H20O3. The van der Waals surface area contributed by atoms with E-state index in [1.807, 2.05) is 33.8 Å². The molecule has 3 heteroatoms. The Kier molecular flexibility index (Phi) is 4.95. The Morgan fingerprint density at radius 3 is 2.61 bits per heavy atom. The Labute approximate surface area is 108 Å². The molecule has 18 heavy (non-hydrogen) atoms. The third-order valence-corrected chi connectivity index (χ3v) is 2.72. The second kappa shape index (κ2) is 6.24. The molecule has 0 amide bonds. The van der Waals surface area contributed by atoms with Crippen molar-refractivity contribution in [2.24, 2.45) is 0 Å². The van der Waals surface area contributed by atoms with Crippen molar-refractivity contribution in [2.75, 3.05) is 6.61 Å². The summed E-state index contributed by atoms with van der Waals surface area (Å²) < 4.78 is 5.66. The van der Waals surface area contributed by atoms with Gasteiger partial charge in [-0.3, -0.25) is 4.79 Å². The molecule has 1 aromatic carbocycles. The van der Waals surface area contributed by atoms with Gasteiger partial charge in [0.15, 0.2) is 0 Å². The number of hydrogen-bond acceptors (Lipinski definition) is 2. The quantitative estimate of drug-likeness (QED) is 0.866. The van der Waals surface area contributed by atoms with Gasteiger partial charge in [-0.25, -0.2) is 0 Å². The first kappa shape index (κ1) is 14.3. The summed E-state index contributed by atoms with van der Waals surface area (Å²) in [5.74, 6) is 0.0268. The Bertz CT molecular complexity index is 473. The molecule has 0 aliphatic rings. The molecule has 0 aliphatic heterocycles. The lowest BCUT2D eigenvalue weighted by molar-refractivity contribution is -0.135. The van der Waals surface area contributed by atoms with Crippen LogP contribution in [0.3, 0.4) is 0 Å². The SMILES string of the molecule is CCOc1c(C)cc(C)cc1/C(C)=C/CC(=O)O. The number of benzene rings is 1. The molecule has 0 spiro atoms. The molecular weight excluding hydrogens is 228 g/mol. The summed E-state index contributed by atoms with van der Waals surface area (Å²) in [4.78, 5) is 10.6. The van der Waals surface area contributed by atoms with E-state index in [1.54, 1.807) is 6.08 Å². The predicted molar refractivity (Wildman–Crippen MR) is 73.0 cm³/mol. The van der Waals surface area contributed by atoms with Gasteiger partial charge in [0.2, 0.25) is 0 Å². The van der Waals surface area contributed by atoms with Crippen molar-refractivity contribution in [3.63, 3.8) is 0 Å². The number of carboxylic acids is 1. The Morgan fingerprint density at radius 2 is 2.06 bits per heavy atom. The van der Waals surface area contributed by atoms with Crippen molar-refractivity contribution in [1.82, 2.24) is 0 Å². The molecule has 1 rings (SSSR count). The van der Waals surface area contributed by atoms with E-state index in [4.69, 9.17) is 9.84 Å². The average Bonchev–Trinajstić information content (AvgIpc) is 2.29. The highest BCUT2D eigenvalue weighted by molar-refractivity contribution is 5.76. The zero-order chi connectivity index (χ0) is 13.7. The van der Waals surface area contributed by atoms with Gasteiger partial charge < -0.3 is 9.84 Å². The Balaban J connectivity index is 3.20. The summed E-state index contributed by atoms with van der Waals surface area (Å²) in [6.07, 6.45) is 1.75. The van der Waals surface area contributed by atoms with E-state index < -0.39 is 5.97 Å². The van der Waals surface area contributed by atoms with E-state index in [2.05, 4.69) is 6.07 Å². The van der Waals surface area contributed by atoms with Gasteiger partial charge in [-0.1, -0.05) is 12.1 Å². The first-order chi connectivity index (χ1) is 8.45. The van der Waals surface area contributed by atoms with Gasteiger partial charge in [0.05, 0.1) is 13.0 Å². The number of rotatable bonds is 5. The molecule has 0 heterocycles. The van der Waals surface area contributed by atoms with Gasteiger partial charge >= 0.3 is 5.97 Å². The molecule has 1 aromatic rings. The lowest BCUT2D eigenvalue weighted by Crippen LogP contribution is -1.99. The van der Waals surface area contributed by atoms with Gasteiger partial charge in [-0.05, 0) is 50.5 Å². The zero-order valence-corrected chi connectivity index (χ0v) is 11.4. The van der Waals surface area contributed by atoms with E-state index in [9.17, 15) is 4.79 Å². The van der Waals surface area contributed by atoms with Crippen LogP contribution in [0.4, 0.5) is 0 Å². The molecule has 0 radical (unpaired) electrons. The van der Waals surface area contributed by atoms with E-state index in [0.29, 0.717) is 6.61 Å². The largest absolute Gasteiger partial charge is 0.493 e. The van der Waals surface area contributed by atoms with Crippen LogP contribution in [0.25, 0.3) is 5.57 Å². The minimum absolute atomic E-state index is 0.0321. The van der Waals surface area contributed by atoms with Gasteiger partial charge in [0.25, 0.3) is 0 Å². The van der Waals surface area contributed by atoms with Crippen LogP contribution in [0.1, 0.15) is 37.0 Å². The Hall–Kier alpha value is -1.77. The van der Waals surface area contributed by atoms with Crippen LogP contribution in [0.15, 0.2) is 18.2 Å². The van der Waals surface area contributed by atoms with E-state index in [0.717, 1.165) is 28.0 Å². The minimum atomic E-state index is -0.823. The maximum absolute atomic E-state index is 10.6. The summed E-state index contributed by atoms with van der Waals surface area (Å²) in [5, 5.41) is 8.72. The summed E-state index contributed by atoms with van der Waals surface area (Å²) in [6, 6.07) is 4.10. The molecule has 0 unspecified atom stereocenters. The van der Waals surface area contributed by atoms with Crippen LogP contribution >= 0.6 is 0 Å². The summed E-state index contributed by atoms with van der Waals surface area (Å²) in [6.45, 7) is 8.49. The van der Waals surface area contributed by atoms with Crippen LogP contribution < -0.4 is 4.74 Å².